The molecule has 0 bridgehead atoms. The van der Waals surface area contributed by atoms with E-state index >= 15 is 0 Å². The molecule has 10 heteroatoms. The number of nitrogens with zero attached hydrogens (tertiary/aromatic N) is 5. The summed E-state index contributed by atoms with van der Waals surface area (Å²) in [4.78, 5) is 29.3. The van der Waals surface area contributed by atoms with Crippen LogP contribution in [0.15, 0.2) is 30.6 Å². The number of rotatable bonds is 5. The van der Waals surface area contributed by atoms with E-state index in [-0.39, 0.29) is 42.7 Å². The molecule has 0 saturated carbocycles. The van der Waals surface area contributed by atoms with Gasteiger partial charge >= 0.3 is 0 Å². The van der Waals surface area contributed by atoms with Gasteiger partial charge in [0.15, 0.2) is 0 Å². The second-order valence-electron chi connectivity index (χ2n) is 9.62. The number of carbonyl (C=O) groups excluding carboxylic acids is 1. The minimum atomic E-state index is -0.300. The number of anilines is 1. The third-order valence-electron chi connectivity index (χ3n) is 7.40. The molecule has 3 atom stereocenters. The van der Waals surface area contributed by atoms with Crippen molar-refractivity contribution in [3.63, 3.8) is 0 Å². The largest absolute Gasteiger partial charge is 0.392 e. The van der Waals surface area contributed by atoms with Crippen LogP contribution in [0.3, 0.4) is 0 Å². The van der Waals surface area contributed by atoms with Gasteiger partial charge in [-0.2, -0.15) is 0 Å². The molecule has 0 spiro atoms. The number of benzene rings is 1. The molecule has 7 nitrogen and oxygen atoms in total. The molecule has 1 amide bonds. The van der Waals surface area contributed by atoms with Crippen LogP contribution in [-0.2, 0) is 11.2 Å². The molecule has 1 aliphatic carbocycles. The molecule has 2 fully saturated rings. The topological polar surface area (TPSA) is 72.8 Å². The summed E-state index contributed by atoms with van der Waals surface area (Å²) >= 11 is 6.10. The van der Waals surface area contributed by atoms with Crippen molar-refractivity contribution in [1.29, 1.82) is 0 Å². The van der Waals surface area contributed by atoms with Gasteiger partial charge in [-0.3, -0.25) is 9.69 Å². The van der Waals surface area contributed by atoms with Crippen molar-refractivity contribution in [3.05, 3.63) is 52.4 Å². The standard InChI is InChI=1S/C25H32ClN5O2.2ClH/c1-17-2-7-22-23(17)24(28-16-27-22)30-10-12-31(13-11-30)25(33)21(15-29-9-8-20(32)14-29)18-3-5-19(26)6-4-18;;/h3-6,16-17,20-21,32H,2,7-15H2,1H3;2*1H. The predicted molar refractivity (Wildman–Crippen MR) is 143 cm³/mol. The molecule has 3 aliphatic rings. The summed E-state index contributed by atoms with van der Waals surface area (Å²) in [6.07, 6.45) is 4.31. The summed E-state index contributed by atoms with van der Waals surface area (Å²) in [5.74, 6) is 1.43. The van der Waals surface area contributed by atoms with Gasteiger partial charge in [-0.1, -0.05) is 30.7 Å². The lowest BCUT2D eigenvalue weighted by Gasteiger charge is -2.38. The first kappa shape index (κ1) is 27.9. The van der Waals surface area contributed by atoms with Crippen LogP contribution >= 0.6 is 36.4 Å². The van der Waals surface area contributed by atoms with Crippen molar-refractivity contribution in [1.82, 2.24) is 19.8 Å². The normalized spacial score (nSPS) is 22.8. The van der Waals surface area contributed by atoms with Crippen molar-refractivity contribution in [3.8, 4) is 0 Å². The molecule has 3 unspecified atom stereocenters. The highest BCUT2D eigenvalue weighted by Gasteiger charge is 2.34. The number of piperazine rings is 1. The Hall–Kier alpha value is -1.64. The second kappa shape index (κ2) is 12.1. The van der Waals surface area contributed by atoms with E-state index in [0.29, 0.717) is 37.1 Å². The number of hydrogen-bond donors (Lipinski definition) is 1. The maximum Gasteiger partial charge on any atom is 0.231 e. The number of aliphatic hydroxyl groups excluding tert-OH is 1. The monoisotopic (exact) mass is 541 g/mol. The molecule has 5 rings (SSSR count). The smallest absolute Gasteiger partial charge is 0.231 e. The van der Waals surface area contributed by atoms with Crippen molar-refractivity contribution in [2.45, 2.75) is 44.1 Å². The van der Waals surface area contributed by atoms with Crippen LogP contribution < -0.4 is 4.90 Å². The van der Waals surface area contributed by atoms with Crippen LogP contribution in [0, 0.1) is 0 Å². The van der Waals surface area contributed by atoms with Crippen LogP contribution in [0.4, 0.5) is 5.82 Å². The first-order valence-electron chi connectivity index (χ1n) is 12.0. The number of hydrogen-bond acceptors (Lipinski definition) is 6. The molecule has 2 saturated heterocycles. The maximum absolute atomic E-state index is 13.7. The Bertz CT molecular complexity index is 1000. The Morgan fingerprint density at radius 2 is 1.80 bits per heavy atom. The van der Waals surface area contributed by atoms with Gasteiger partial charge in [-0.05, 0) is 42.9 Å². The highest BCUT2D eigenvalue weighted by molar-refractivity contribution is 6.30. The Labute approximate surface area is 224 Å². The zero-order chi connectivity index (χ0) is 22.9. The zero-order valence-electron chi connectivity index (χ0n) is 20.0. The molecule has 192 valence electrons. The van der Waals surface area contributed by atoms with Gasteiger partial charge in [0.2, 0.25) is 5.91 Å². The average Bonchev–Trinajstić information content (AvgIpc) is 3.43. The van der Waals surface area contributed by atoms with Crippen LogP contribution in [-0.4, -0.2) is 82.7 Å². The quantitative estimate of drug-likeness (QED) is 0.623. The van der Waals surface area contributed by atoms with Crippen LogP contribution in [0.5, 0.6) is 0 Å². The van der Waals surface area contributed by atoms with Gasteiger partial charge in [0.25, 0.3) is 0 Å². The lowest BCUT2D eigenvalue weighted by molar-refractivity contribution is -0.133. The predicted octanol–water partition coefficient (Wildman–Crippen LogP) is 3.52. The van der Waals surface area contributed by atoms with E-state index in [1.54, 1.807) is 6.33 Å². The number of aromatic nitrogens is 2. The van der Waals surface area contributed by atoms with Crippen LogP contribution in [0.2, 0.25) is 5.02 Å². The van der Waals surface area contributed by atoms with E-state index in [0.717, 1.165) is 50.3 Å². The fourth-order valence-corrected chi connectivity index (χ4v) is 5.62. The molecule has 1 N–H and O–H groups in total. The van der Waals surface area contributed by atoms with E-state index < -0.39 is 0 Å². The average molecular weight is 543 g/mol. The third-order valence-corrected chi connectivity index (χ3v) is 7.65. The first-order chi connectivity index (χ1) is 16.0. The summed E-state index contributed by atoms with van der Waals surface area (Å²) in [6, 6.07) is 7.62. The number of likely N-dealkylation sites (tertiary alicyclic amines) is 1. The summed E-state index contributed by atoms with van der Waals surface area (Å²) in [6.45, 7) is 7.23. The highest BCUT2D eigenvalue weighted by Crippen LogP contribution is 2.37. The number of carbonyl (C=O) groups is 1. The third kappa shape index (κ3) is 6.03. The van der Waals surface area contributed by atoms with Crippen molar-refractivity contribution >= 4 is 48.1 Å². The van der Waals surface area contributed by atoms with Gasteiger partial charge in [-0.25, -0.2) is 9.97 Å². The molecule has 0 radical (unpaired) electrons. The maximum atomic E-state index is 13.7. The molecular formula is C25H34Cl3N5O2. The Balaban J connectivity index is 0.00000171. The number of β-amino-alcohol motifs (C(OH)–C–C–N with tert-alkyl or cyclic N) is 1. The van der Waals surface area contributed by atoms with E-state index in [1.165, 1.54) is 11.3 Å². The summed E-state index contributed by atoms with van der Waals surface area (Å²) in [7, 11) is 0. The number of aliphatic hydroxyl groups is 1. The van der Waals surface area contributed by atoms with E-state index in [2.05, 4.69) is 26.7 Å². The molecular weight excluding hydrogens is 509 g/mol. The highest BCUT2D eigenvalue weighted by atomic mass is 35.5. The van der Waals surface area contributed by atoms with Gasteiger partial charge in [0.1, 0.15) is 12.1 Å². The minimum Gasteiger partial charge on any atom is -0.392 e. The molecule has 1 aromatic heterocycles. The van der Waals surface area contributed by atoms with E-state index in [9.17, 15) is 9.90 Å². The van der Waals surface area contributed by atoms with Gasteiger partial charge in [-0.15, -0.1) is 24.8 Å². The summed E-state index contributed by atoms with van der Waals surface area (Å²) in [5.41, 5.74) is 3.46. The lowest BCUT2D eigenvalue weighted by atomic mass is 9.96. The fourth-order valence-electron chi connectivity index (χ4n) is 5.49. The number of aryl methyl sites for hydroxylation is 1. The van der Waals surface area contributed by atoms with E-state index in [4.69, 9.17) is 11.6 Å². The molecule has 1 aromatic carbocycles. The fraction of sp³-hybridized carbons (Fsp3) is 0.560. The number of halogens is 3. The SMILES string of the molecule is CC1CCc2ncnc(N3CCN(C(=O)C(CN4CCC(O)C4)c4ccc(Cl)cc4)CC3)c21.Cl.Cl. The van der Waals surface area contributed by atoms with Crippen LogP contribution in [0.1, 0.15) is 48.4 Å². The minimum absolute atomic E-state index is 0. The molecule has 2 aromatic rings. The zero-order valence-corrected chi connectivity index (χ0v) is 22.4. The second-order valence-corrected chi connectivity index (χ2v) is 10.1. The van der Waals surface area contributed by atoms with Crippen molar-refractivity contribution in [2.24, 2.45) is 0 Å². The number of amides is 1. The Morgan fingerprint density at radius 1 is 1.09 bits per heavy atom. The van der Waals surface area contributed by atoms with E-state index in [1.807, 2.05) is 29.2 Å². The Morgan fingerprint density at radius 3 is 2.46 bits per heavy atom. The van der Waals surface area contributed by atoms with Gasteiger partial charge in [0, 0.05) is 62.1 Å². The summed E-state index contributed by atoms with van der Waals surface area (Å²) < 4.78 is 0. The molecule has 35 heavy (non-hydrogen) atoms. The molecule has 3 heterocycles. The van der Waals surface area contributed by atoms with Crippen LogP contribution in [0.25, 0.3) is 0 Å². The van der Waals surface area contributed by atoms with Crippen molar-refractivity contribution in [2.75, 3.05) is 50.7 Å². The first-order valence-corrected chi connectivity index (χ1v) is 12.4. The van der Waals surface area contributed by atoms with Gasteiger partial charge < -0.3 is 14.9 Å². The van der Waals surface area contributed by atoms with Crippen molar-refractivity contribution < 1.29 is 9.90 Å². The summed E-state index contributed by atoms with van der Waals surface area (Å²) in [5, 5.41) is 10.6. The Kier molecular flexibility index (Phi) is 9.63. The lowest BCUT2D eigenvalue weighted by Crippen LogP contribution is -2.51. The number of fused-ring (bicyclic) bond motifs is 1. The van der Waals surface area contributed by atoms with Gasteiger partial charge in [0.05, 0.1) is 12.0 Å². The molecule has 2 aliphatic heterocycles.